The van der Waals surface area contributed by atoms with E-state index in [9.17, 15) is 4.79 Å². The predicted octanol–water partition coefficient (Wildman–Crippen LogP) is 0.343. The highest BCUT2D eigenvalue weighted by Gasteiger charge is 2.30. The summed E-state index contributed by atoms with van der Waals surface area (Å²) in [5.41, 5.74) is -0.405. The Hall–Kier alpha value is -2.18. The van der Waals surface area contributed by atoms with Gasteiger partial charge >= 0.3 is 5.97 Å². The summed E-state index contributed by atoms with van der Waals surface area (Å²) in [4.78, 5) is 15.0. The minimum atomic E-state index is -1.10. The van der Waals surface area contributed by atoms with Crippen LogP contribution in [-0.4, -0.2) is 35.6 Å². The zero-order valence-electron chi connectivity index (χ0n) is 9.61. The molecule has 2 rings (SSSR count). The molecule has 2 heterocycles. The van der Waals surface area contributed by atoms with Crippen LogP contribution in [0, 0.1) is 0 Å². The standard InChI is InChI=1S/C10H13N5O2/c1-10(2,9(16)17)15-6-8(12-13-15)5-14-4-3-11-7-14/h3-4,6-7H,5H2,1-2H3,(H,16,17). The number of carbonyl (C=O) groups is 1. The van der Waals surface area contributed by atoms with Gasteiger partial charge in [-0.05, 0) is 13.8 Å². The first-order valence-corrected chi connectivity index (χ1v) is 5.11. The van der Waals surface area contributed by atoms with Crippen molar-refractivity contribution in [2.45, 2.75) is 25.9 Å². The van der Waals surface area contributed by atoms with Gasteiger partial charge in [-0.15, -0.1) is 5.10 Å². The SMILES string of the molecule is CC(C)(C(=O)O)n1cc(Cn2ccnc2)nn1. The number of aliphatic carboxylic acids is 1. The summed E-state index contributed by atoms with van der Waals surface area (Å²) in [5.74, 6) is -0.948. The maximum absolute atomic E-state index is 11.0. The van der Waals surface area contributed by atoms with Crippen LogP contribution >= 0.6 is 0 Å². The molecule has 90 valence electrons. The molecule has 0 aromatic carbocycles. The molecule has 2 aromatic rings. The number of hydrogen-bond acceptors (Lipinski definition) is 4. The van der Waals surface area contributed by atoms with E-state index in [0.717, 1.165) is 0 Å². The molecule has 0 atom stereocenters. The molecule has 0 aliphatic heterocycles. The Bertz CT molecular complexity index is 515. The zero-order valence-corrected chi connectivity index (χ0v) is 9.61. The molecule has 17 heavy (non-hydrogen) atoms. The Balaban J connectivity index is 2.19. The van der Waals surface area contributed by atoms with Crippen LogP contribution in [-0.2, 0) is 16.9 Å². The van der Waals surface area contributed by atoms with Gasteiger partial charge in [0.2, 0.25) is 0 Å². The van der Waals surface area contributed by atoms with Gasteiger partial charge < -0.3 is 9.67 Å². The fourth-order valence-corrected chi connectivity index (χ4v) is 1.31. The van der Waals surface area contributed by atoms with Crippen molar-refractivity contribution in [3.05, 3.63) is 30.6 Å². The van der Waals surface area contributed by atoms with E-state index in [-0.39, 0.29) is 0 Å². The van der Waals surface area contributed by atoms with Gasteiger partial charge in [0.1, 0.15) is 5.69 Å². The zero-order chi connectivity index (χ0) is 12.5. The molecule has 0 aliphatic rings. The number of carboxylic acid groups (broad SMARTS) is 1. The quantitative estimate of drug-likeness (QED) is 0.826. The first-order valence-electron chi connectivity index (χ1n) is 5.11. The minimum absolute atomic E-state index is 0.524. The van der Waals surface area contributed by atoms with Crippen molar-refractivity contribution in [2.75, 3.05) is 0 Å². The Kier molecular flexibility index (Phi) is 2.66. The summed E-state index contributed by atoms with van der Waals surface area (Å²) in [5, 5.41) is 16.8. The van der Waals surface area contributed by atoms with Crippen LogP contribution in [0.2, 0.25) is 0 Å². The Morgan fingerprint density at radius 2 is 2.29 bits per heavy atom. The van der Waals surface area contributed by atoms with Crippen LogP contribution < -0.4 is 0 Å². The van der Waals surface area contributed by atoms with Crippen LogP contribution in [0.3, 0.4) is 0 Å². The largest absolute Gasteiger partial charge is 0.479 e. The third-order valence-electron chi connectivity index (χ3n) is 2.54. The Labute approximate surface area is 97.7 Å². The monoisotopic (exact) mass is 235 g/mol. The molecule has 0 bridgehead atoms. The number of nitrogens with zero attached hydrogens (tertiary/aromatic N) is 5. The van der Waals surface area contributed by atoms with Crippen molar-refractivity contribution in [2.24, 2.45) is 0 Å². The van der Waals surface area contributed by atoms with Crippen LogP contribution in [0.1, 0.15) is 19.5 Å². The first kappa shape index (κ1) is 11.3. The number of hydrogen-bond donors (Lipinski definition) is 1. The lowest BCUT2D eigenvalue weighted by molar-refractivity contribution is -0.146. The van der Waals surface area contributed by atoms with Gasteiger partial charge in [-0.2, -0.15) is 0 Å². The molecule has 0 radical (unpaired) electrons. The first-order chi connectivity index (χ1) is 8.00. The third-order valence-corrected chi connectivity index (χ3v) is 2.54. The van der Waals surface area contributed by atoms with E-state index in [2.05, 4.69) is 15.3 Å². The van der Waals surface area contributed by atoms with Gasteiger partial charge in [0.15, 0.2) is 5.54 Å². The summed E-state index contributed by atoms with van der Waals surface area (Å²) < 4.78 is 3.18. The second-order valence-corrected chi connectivity index (χ2v) is 4.25. The number of imidazole rings is 1. The molecule has 7 nitrogen and oxygen atoms in total. The van der Waals surface area contributed by atoms with Crippen LogP contribution in [0.4, 0.5) is 0 Å². The van der Waals surface area contributed by atoms with E-state index in [1.54, 1.807) is 38.8 Å². The molecule has 7 heteroatoms. The summed E-state index contributed by atoms with van der Waals surface area (Å²) in [6.07, 6.45) is 6.78. The third kappa shape index (κ3) is 2.17. The fraction of sp³-hybridized carbons (Fsp3) is 0.400. The van der Waals surface area contributed by atoms with E-state index in [4.69, 9.17) is 5.11 Å². The molecule has 2 aromatic heterocycles. The maximum atomic E-state index is 11.0. The van der Waals surface area contributed by atoms with Gasteiger partial charge in [-0.3, -0.25) is 0 Å². The fourth-order valence-electron chi connectivity index (χ4n) is 1.31. The van der Waals surface area contributed by atoms with Crippen molar-refractivity contribution in [3.8, 4) is 0 Å². The Morgan fingerprint density at radius 1 is 1.53 bits per heavy atom. The molecule has 0 spiro atoms. The smallest absolute Gasteiger partial charge is 0.331 e. The van der Waals surface area contributed by atoms with Crippen molar-refractivity contribution in [1.82, 2.24) is 24.5 Å². The van der Waals surface area contributed by atoms with Crippen LogP contribution in [0.15, 0.2) is 24.9 Å². The molecule has 0 saturated heterocycles. The molecular weight excluding hydrogens is 222 g/mol. The number of aromatic nitrogens is 5. The molecule has 0 saturated carbocycles. The molecule has 0 unspecified atom stereocenters. The van der Waals surface area contributed by atoms with Gasteiger partial charge in [0.05, 0.1) is 19.1 Å². The summed E-state index contributed by atoms with van der Waals surface area (Å²) in [6, 6.07) is 0. The van der Waals surface area contributed by atoms with Crippen LogP contribution in [0.25, 0.3) is 0 Å². The van der Waals surface area contributed by atoms with Crippen molar-refractivity contribution in [1.29, 1.82) is 0 Å². The van der Waals surface area contributed by atoms with Crippen molar-refractivity contribution >= 4 is 5.97 Å². The van der Waals surface area contributed by atoms with E-state index in [1.165, 1.54) is 4.68 Å². The summed E-state index contributed by atoms with van der Waals surface area (Å²) in [6.45, 7) is 3.67. The average Bonchev–Trinajstić information content (AvgIpc) is 2.89. The molecule has 0 amide bonds. The molecular formula is C10H13N5O2. The lowest BCUT2D eigenvalue weighted by Crippen LogP contribution is -2.36. The lowest BCUT2D eigenvalue weighted by atomic mass is 10.1. The highest BCUT2D eigenvalue weighted by atomic mass is 16.4. The van der Waals surface area contributed by atoms with E-state index >= 15 is 0 Å². The minimum Gasteiger partial charge on any atom is -0.479 e. The highest BCUT2D eigenvalue weighted by Crippen LogP contribution is 2.14. The van der Waals surface area contributed by atoms with Gasteiger partial charge in [0, 0.05) is 12.4 Å². The number of rotatable bonds is 4. The second-order valence-electron chi connectivity index (χ2n) is 4.25. The molecule has 1 N–H and O–H groups in total. The summed E-state index contributed by atoms with van der Waals surface area (Å²) in [7, 11) is 0. The second kappa shape index (κ2) is 4.00. The average molecular weight is 235 g/mol. The van der Waals surface area contributed by atoms with E-state index in [0.29, 0.717) is 12.2 Å². The molecule has 0 fully saturated rings. The maximum Gasteiger partial charge on any atom is 0.331 e. The van der Waals surface area contributed by atoms with Crippen LogP contribution in [0.5, 0.6) is 0 Å². The van der Waals surface area contributed by atoms with Gasteiger partial charge in [-0.1, -0.05) is 5.21 Å². The summed E-state index contributed by atoms with van der Waals surface area (Å²) >= 11 is 0. The van der Waals surface area contributed by atoms with E-state index < -0.39 is 11.5 Å². The van der Waals surface area contributed by atoms with Gasteiger partial charge in [0.25, 0.3) is 0 Å². The lowest BCUT2D eigenvalue weighted by Gasteiger charge is -2.18. The number of carboxylic acids is 1. The van der Waals surface area contributed by atoms with Crippen molar-refractivity contribution in [3.63, 3.8) is 0 Å². The predicted molar refractivity (Wildman–Crippen MR) is 58.3 cm³/mol. The normalized spacial score (nSPS) is 11.6. The molecule has 0 aliphatic carbocycles. The van der Waals surface area contributed by atoms with Crippen molar-refractivity contribution < 1.29 is 9.90 Å². The topological polar surface area (TPSA) is 85.8 Å². The Morgan fingerprint density at radius 3 is 2.88 bits per heavy atom. The highest BCUT2D eigenvalue weighted by molar-refractivity contribution is 5.75. The van der Waals surface area contributed by atoms with E-state index in [1.807, 2.05) is 4.57 Å². The van der Waals surface area contributed by atoms with Gasteiger partial charge in [-0.25, -0.2) is 14.5 Å².